The Bertz CT molecular complexity index is 1120. The number of hydrogen-bond donors (Lipinski definition) is 1. The van der Waals surface area contributed by atoms with E-state index in [1.54, 1.807) is 17.5 Å². The predicted molar refractivity (Wildman–Crippen MR) is 98.5 cm³/mol. The molecule has 0 saturated carbocycles. The van der Waals surface area contributed by atoms with Crippen molar-refractivity contribution >= 4 is 22.9 Å². The molecule has 0 bridgehead atoms. The third kappa shape index (κ3) is 4.19. The van der Waals surface area contributed by atoms with Crippen LogP contribution in [-0.2, 0) is 17.4 Å². The van der Waals surface area contributed by atoms with Crippen LogP contribution in [0.1, 0.15) is 11.3 Å². The van der Waals surface area contributed by atoms with Crippen LogP contribution in [0.15, 0.2) is 59.0 Å². The summed E-state index contributed by atoms with van der Waals surface area (Å²) in [6, 6.07) is 6.48. The minimum absolute atomic E-state index is 0.0307. The third-order valence-corrected chi connectivity index (χ3v) is 4.79. The van der Waals surface area contributed by atoms with Crippen LogP contribution < -0.4 is 5.32 Å². The number of hydrogen-bond acceptors (Lipinski definition) is 6. The third-order valence-electron chi connectivity index (χ3n) is 3.89. The number of carbonyl (C=O) groups is 1. The molecular weight excluding hydrogens is 407 g/mol. The van der Waals surface area contributed by atoms with Gasteiger partial charge in [-0.05, 0) is 30.3 Å². The zero-order valence-electron chi connectivity index (χ0n) is 14.6. The van der Waals surface area contributed by atoms with E-state index in [1.165, 1.54) is 41.0 Å². The number of rotatable bonds is 5. The summed E-state index contributed by atoms with van der Waals surface area (Å²) in [4.78, 5) is 20.6. The molecule has 3 aromatic heterocycles. The monoisotopic (exact) mass is 419 g/mol. The Balaban J connectivity index is 1.57. The lowest BCUT2D eigenvalue weighted by molar-refractivity contribution is -0.137. The van der Waals surface area contributed by atoms with E-state index in [0.717, 1.165) is 12.1 Å². The molecule has 1 aromatic carbocycles. The number of nitrogens with zero attached hydrogens (tertiary/aromatic N) is 4. The molecule has 7 nitrogen and oxygen atoms in total. The zero-order chi connectivity index (χ0) is 20.4. The maximum atomic E-state index is 13.1. The van der Waals surface area contributed by atoms with E-state index in [1.807, 2.05) is 0 Å². The van der Waals surface area contributed by atoms with Crippen molar-refractivity contribution in [2.24, 2.45) is 0 Å². The molecule has 0 radical (unpaired) electrons. The zero-order valence-corrected chi connectivity index (χ0v) is 15.4. The smallest absolute Gasteiger partial charge is 0.416 e. The minimum atomic E-state index is -4.55. The first-order valence-electron chi connectivity index (χ1n) is 8.24. The van der Waals surface area contributed by atoms with Gasteiger partial charge in [0.2, 0.25) is 5.91 Å². The fourth-order valence-corrected chi connectivity index (χ4v) is 3.39. The first-order valence-corrected chi connectivity index (χ1v) is 9.12. The average Bonchev–Trinajstić information content (AvgIpc) is 3.43. The van der Waals surface area contributed by atoms with Crippen LogP contribution in [0.5, 0.6) is 0 Å². The lowest BCUT2D eigenvalue weighted by Gasteiger charge is -2.14. The second-order valence-electron chi connectivity index (χ2n) is 5.92. The molecule has 0 atom stereocenters. The van der Waals surface area contributed by atoms with Crippen molar-refractivity contribution in [3.63, 3.8) is 0 Å². The quantitative estimate of drug-likeness (QED) is 0.524. The van der Waals surface area contributed by atoms with Crippen LogP contribution in [-0.4, -0.2) is 25.7 Å². The number of benzene rings is 1. The molecule has 0 aliphatic rings. The van der Waals surface area contributed by atoms with Crippen molar-refractivity contribution in [2.75, 3.05) is 5.32 Å². The summed E-state index contributed by atoms with van der Waals surface area (Å²) in [5, 5.41) is 8.74. The van der Waals surface area contributed by atoms with E-state index in [4.69, 9.17) is 4.42 Å². The van der Waals surface area contributed by atoms with Gasteiger partial charge in [-0.15, -0.1) is 11.3 Å². The van der Waals surface area contributed by atoms with Gasteiger partial charge >= 0.3 is 6.18 Å². The number of furan rings is 1. The highest BCUT2D eigenvalue weighted by Crippen LogP contribution is 2.33. The topological polar surface area (TPSA) is 85.8 Å². The second-order valence-corrected chi connectivity index (χ2v) is 6.77. The normalized spacial score (nSPS) is 11.6. The molecule has 4 aromatic rings. The second kappa shape index (κ2) is 7.51. The molecule has 0 aliphatic heterocycles. The highest BCUT2D eigenvalue weighted by atomic mass is 32.1. The fraction of sp³-hybridized carbons (Fsp3) is 0.111. The molecule has 0 spiro atoms. The summed E-state index contributed by atoms with van der Waals surface area (Å²) in [5.74, 6) is 0.0648. The van der Waals surface area contributed by atoms with Gasteiger partial charge in [0, 0.05) is 5.38 Å². The molecule has 1 amide bonds. The first-order chi connectivity index (χ1) is 13.9. The summed E-state index contributed by atoms with van der Waals surface area (Å²) >= 11 is 1.31. The number of aromatic nitrogens is 4. The van der Waals surface area contributed by atoms with Gasteiger partial charge in [-0.2, -0.15) is 18.3 Å². The Hall–Kier alpha value is -3.47. The van der Waals surface area contributed by atoms with Gasteiger partial charge in [0.05, 0.1) is 35.3 Å². The Morgan fingerprint density at radius 3 is 2.83 bits per heavy atom. The molecule has 0 saturated heterocycles. The van der Waals surface area contributed by atoms with Crippen LogP contribution in [0, 0.1) is 0 Å². The van der Waals surface area contributed by atoms with Gasteiger partial charge in [0.15, 0.2) is 10.8 Å². The molecule has 1 N–H and O–H groups in total. The van der Waals surface area contributed by atoms with Crippen molar-refractivity contribution in [3.05, 3.63) is 65.9 Å². The molecule has 4 rings (SSSR count). The van der Waals surface area contributed by atoms with E-state index in [-0.39, 0.29) is 17.8 Å². The molecule has 3 heterocycles. The van der Waals surface area contributed by atoms with Gasteiger partial charge in [-0.25, -0.2) is 14.6 Å². The van der Waals surface area contributed by atoms with E-state index < -0.39 is 17.6 Å². The van der Waals surface area contributed by atoms with E-state index in [0.29, 0.717) is 16.5 Å². The number of anilines is 1. The number of amides is 1. The van der Waals surface area contributed by atoms with Crippen molar-refractivity contribution in [1.29, 1.82) is 0 Å². The standard InChI is InChI=1S/C18H12F3N5O2S/c19-18(20,21)11-3-4-14(26-10-22-9-23-26)13(6-11)25-16(27)7-12-8-29-17(24-12)15-2-1-5-28-15/h1-6,8-10H,7H2,(H,25,27). The largest absolute Gasteiger partial charge is 0.462 e. The van der Waals surface area contributed by atoms with E-state index in [9.17, 15) is 18.0 Å². The van der Waals surface area contributed by atoms with Crippen LogP contribution >= 0.6 is 11.3 Å². The van der Waals surface area contributed by atoms with Crippen molar-refractivity contribution in [1.82, 2.24) is 19.7 Å². The average molecular weight is 419 g/mol. The van der Waals surface area contributed by atoms with Crippen LogP contribution in [0.25, 0.3) is 16.5 Å². The van der Waals surface area contributed by atoms with Gasteiger partial charge in [-0.3, -0.25) is 4.79 Å². The van der Waals surface area contributed by atoms with Crippen molar-refractivity contribution < 1.29 is 22.4 Å². The SMILES string of the molecule is O=C(Cc1csc(-c2ccco2)n1)Nc1cc(C(F)(F)F)ccc1-n1cncn1. The summed E-state index contributed by atoms with van der Waals surface area (Å²) < 4.78 is 45.8. The molecule has 11 heteroatoms. The summed E-state index contributed by atoms with van der Waals surface area (Å²) in [6.45, 7) is 0. The van der Waals surface area contributed by atoms with Crippen LogP contribution in [0.2, 0.25) is 0 Å². The minimum Gasteiger partial charge on any atom is -0.462 e. The van der Waals surface area contributed by atoms with Crippen LogP contribution in [0.4, 0.5) is 18.9 Å². The van der Waals surface area contributed by atoms with Crippen molar-refractivity contribution in [2.45, 2.75) is 12.6 Å². The first kappa shape index (κ1) is 18.9. The van der Waals surface area contributed by atoms with Crippen LogP contribution in [0.3, 0.4) is 0 Å². The number of halogens is 3. The molecule has 148 valence electrons. The molecular formula is C18H12F3N5O2S. The summed E-state index contributed by atoms with van der Waals surface area (Å²) in [7, 11) is 0. The van der Waals surface area contributed by atoms with Crippen molar-refractivity contribution in [3.8, 4) is 16.5 Å². The predicted octanol–water partition coefficient (Wildman–Crippen LogP) is 4.18. The maximum absolute atomic E-state index is 13.1. The number of thiazole rings is 1. The summed E-state index contributed by atoms with van der Waals surface area (Å²) in [5.41, 5.74) is -0.172. The highest BCUT2D eigenvalue weighted by molar-refractivity contribution is 7.13. The number of alkyl halides is 3. The van der Waals surface area contributed by atoms with Gasteiger partial charge in [-0.1, -0.05) is 0 Å². The van der Waals surface area contributed by atoms with Gasteiger partial charge in [0.25, 0.3) is 0 Å². The van der Waals surface area contributed by atoms with Gasteiger partial charge in [0.1, 0.15) is 12.7 Å². The fourth-order valence-electron chi connectivity index (χ4n) is 2.61. The molecule has 0 aliphatic carbocycles. The molecule has 0 unspecified atom stereocenters. The summed E-state index contributed by atoms with van der Waals surface area (Å²) in [6.07, 6.45) is -0.567. The lowest BCUT2D eigenvalue weighted by atomic mass is 10.1. The Morgan fingerprint density at radius 2 is 2.14 bits per heavy atom. The highest BCUT2D eigenvalue weighted by Gasteiger charge is 2.31. The van der Waals surface area contributed by atoms with E-state index in [2.05, 4.69) is 20.4 Å². The number of nitrogens with one attached hydrogen (secondary N) is 1. The van der Waals surface area contributed by atoms with Gasteiger partial charge < -0.3 is 9.73 Å². The Labute approximate surface area is 165 Å². The maximum Gasteiger partial charge on any atom is 0.416 e. The lowest BCUT2D eigenvalue weighted by Crippen LogP contribution is -2.17. The molecule has 29 heavy (non-hydrogen) atoms. The Kier molecular flexibility index (Phi) is 4.89. The Morgan fingerprint density at radius 1 is 1.28 bits per heavy atom. The molecule has 0 fully saturated rings. The van der Waals surface area contributed by atoms with E-state index >= 15 is 0 Å². The number of carbonyl (C=O) groups excluding carboxylic acids is 1.